The Balaban J connectivity index is 2.76. The number of hydrogen-bond donors (Lipinski definition) is 2. The highest BCUT2D eigenvalue weighted by molar-refractivity contribution is 5.84. The molecule has 7 heteroatoms. The molecule has 1 heterocycles. The first kappa shape index (κ1) is 15.9. The van der Waals surface area contributed by atoms with Gasteiger partial charge in [-0.15, -0.1) is 0 Å². The van der Waals surface area contributed by atoms with Crippen LogP contribution in [-0.2, 0) is 4.79 Å². The van der Waals surface area contributed by atoms with E-state index in [1.807, 2.05) is 20.8 Å². The first-order chi connectivity index (χ1) is 9.10. The van der Waals surface area contributed by atoms with Crippen LogP contribution in [0.1, 0.15) is 33.3 Å². The van der Waals surface area contributed by atoms with Crippen molar-refractivity contribution in [1.82, 2.24) is 10.3 Å². The normalized spacial score (nSPS) is 12.7. The molecule has 0 aliphatic carbocycles. The maximum absolute atomic E-state index is 11.9. The van der Waals surface area contributed by atoms with Gasteiger partial charge >= 0.3 is 0 Å². The Morgan fingerprint density at radius 1 is 1.45 bits per heavy atom. The van der Waals surface area contributed by atoms with E-state index >= 15 is 0 Å². The number of amides is 1. The number of aryl methyl sites for hydroxylation is 1. The summed E-state index contributed by atoms with van der Waals surface area (Å²) in [6, 6.07) is 1.07. The van der Waals surface area contributed by atoms with Gasteiger partial charge < -0.3 is 10.6 Å². The maximum atomic E-state index is 11.9. The van der Waals surface area contributed by atoms with Gasteiger partial charge in [-0.05, 0) is 40.7 Å². The van der Waals surface area contributed by atoms with Crippen molar-refractivity contribution in [1.29, 1.82) is 0 Å². The largest absolute Gasteiger partial charge is 0.359 e. The number of hydrogen-bond acceptors (Lipinski definition) is 5. The van der Waals surface area contributed by atoms with Gasteiger partial charge in [0, 0.05) is 11.1 Å². The van der Waals surface area contributed by atoms with Crippen LogP contribution < -0.4 is 10.6 Å². The number of anilines is 1. The Kier molecular flexibility index (Phi) is 4.65. The van der Waals surface area contributed by atoms with Crippen LogP contribution in [0.4, 0.5) is 11.5 Å². The Morgan fingerprint density at radius 3 is 2.50 bits per heavy atom. The monoisotopic (exact) mass is 280 g/mol. The average Bonchev–Trinajstić information content (AvgIpc) is 2.26. The molecule has 0 saturated heterocycles. The van der Waals surface area contributed by atoms with Crippen LogP contribution in [0.25, 0.3) is 0 Å². The molecule has 1 aromatic rings. The molecule has 1 rings (SSSR count). The van der Waals surface area contributed by atoms with Crippen molar-refractivity contribution in [2.45, 2.75) is 46.2 Å². The second-order valence-corrected chi connectivity index (χ2v) is 5.72. The van der Waals surface area contributed by atoms with Crippen molar-refractivity contribution < 1.29 is 9.72 Å². The summed E-state index contributed by atoms with van der Waals surface area (Å²) in [7, 11) is 0. The summed E-state index contributed by atoms with van der Waals surface area (Å²) in [6.07, 6.45) is 1.19. The third-order valence-corrected chi connectivity index (χ3v) is 2.54. The molecule has 1 atom stereocenters. The minimum atomic E-state index is -0.484. The van der Waals surface area contributed by atoms with E-state index in [4.69, 9.17) is 0 Å². The highest BCUT2D eigenvalue weighted by atomic mass is 16.6. The molecule has 0 radical (unpaired) electrons. The zero-order valence-electron chi connectivity index (χ0n) is 12.4. The maximum Gasteiger partial charge on any atom is 0.290 e. The van der Waals surface area contributed by atoms with Crippen LogP contribution in [0.15, 0.2) is 12.3 Å². The topological polar surface area (TPSA) is 97.2 Å². The fourth-order valence-corrected chi connectivity index (χ4v) is 1.58. The second kappa shape index (κ2) is 5.85. The lowest BCUT2D eigenvalue weighted by atomic mass is 10.1. The Hall–Kier alpha value is -2.18. The van der Waals surface area contributed by atoms with E-state index in [2.05, 4.69) is 15.6 Å². The van der Waals surface area contributed by atoms with Crippen molar-refractivity contribution in [3.63, 3.8) is 0 Å². The van der Waals surface area contributed by atoms with Gasteiger partial charge in [-0.1, -0.05) is 0 Å². The fourth-order valence-electron chi connectivity index (χ4n) is 1.58. The molecule has 0 aliphatic rings. The lowest BCUT2D eigenvalue weighted by molar-refractivity contribution is -0.385. The standard InChI is InChI=1S/C13H20N4O3/c1-8-6-11(14-7-10(8)17(19)20)15-9(2)12(18)16-13(3,4)5/h6-7,9H,1-5H3,(H,14,15)(H,16,18). The van der Waals surface area contributed by atoms with E-state index in [1.165, 1.54) is 6.20 Å². The molecular weight excluding hydrogens is 260 g/mol. The quantitative estimate of drug-likeness (QED) is 0.649. The van der Waals surface area contributed by atoms with Crippen LogP contribution in [0.2, 0.25) is 0 Å². The molecule has 1 amide bonds. The predicted octanol–water partition coefficient (Wildman–Crippen LogP) is 2.01. The molecule has 0 aliphatic heterocycles. The van der Waals surface area contributed by atoms with E-state index in [-0.39, 0.29) is 17.1 Å². The van der Waals surface area contributed by atoms with Gasteiger partial charge in [-0.2, -0.15) is 0 Å². The number of rotatable bonds is 4. The van der Waals surface area contributed by atoms with Gasteiger partial charge in [0.05, 0.1) is 4.92 Å². The van der Waals surface area contributed by atoms with Crippen LogP contribution >= 0.6 is 0 Å². The fraction of sp³-hybridized carbons (Fsp3) is 0.538. The summed E-state index contributed by atoms with van der Waals surface area (Å²) in [6.45, 7) is 9.02. The summed E-state index contributed by atoms with van der Waals surface area (Å²) in [5.74, 6) is 0.278. The molecule has 7 nitrogen and oxygen atoms in total. The number of nitro groups is 1. The molecule has 0 bridgehead atoms. The van der Waals surface area contributed by atoms with Crippen molar-refractivity contribution in [3.05, 3.63) is 27.9 Å². The number of nitrogens with one attached hydrogen (secondary N) is 2. The summed E-state index contributed by atoms with van der Waals surface area (Å²) >= 11 is 0. The molecule has 1 unspecified atom stereocenters. The first-order valence-electron chi connectivity index (χ1n) is 6.30. The molecule has 0 spiro atoms. The van der Waals surface area contributed by atoms with E-state index in [0.717, 1.165) is 0 Å². The van der Waals surface area contributed by atoms with Gasteiger partial charge in [-0.3, -0.25) is 14.9 Å². The molecule has 0 saturated carbocycles. The average molecular weight is 280 g/mol. The Labute approximate surface area is 117 Å². The van der Waals surface area contributed by atoms with E-state index in [1.54, 1.807) is 19.9 Å². The summed E-state index contributed by atoms with van der Waals surface area (Å²) in [5, 5.41) is 16.5. The zero-order chi connectivity index (χ0) is 15.5. The summed E-state index contributed by atoms with van der Waals surface area (Å²) in [5.41, 5.74) is 0.143. The Bertz CT molecular complexity index is 523. The number of carbonyl (C=O) groups excluding carboxylic acids is 1. The SMILES string of the molecule is Cc1cc(NC(C)C(=O)NC(C)(C)C)ncc1[N+](=O)[O-]. The third-order valence-electron chi connectivity index (χ3n) is 2.54. The highest BCUT2D eigenvalue weighted by Crippen LogP contribution is 2.19. The van der Waals surface area contributed by atoms with Gasteiger partial charge in [0.1, 0.15) is 18.1 Å². The van der Waals surface area contributed by atoms with Crippen molar-refractivity contribution >= 4 is 17.4 Å². The van der Waals surface area contributed by atoms with Gasteiger partial charge in [-0.25, -0.2) is 4.98 Å². The van der Waals surface area contributed by atoms with Gasteiger partial charge in [0.15, 0.2) is 0 Å². The highest BCUT2D eigenvalue weighted by Gasteiger charge is 2.20. The third kappa shape index (κ3) is 4.49. The predicted molar refractivity (Wildman–Crippen MR) is 76.6 cm³/mol. The number of pyridine rings is 1. The molecule has 0 aromatic carbocycles. The van der Waals surface area contributed by atoms with Crippen LogP contribution in [0.3, 0.4) is 0 Å². The van der Waals surface area contributed by atoms with Gasteiger partial charge in [0.2, 0.25) is 5.91 Å². The summed E-state index contributed by atoms with van der Waals surface area (Å²) in [4.78, 5) is 26.1. The van der Waals surface area contributed by atoms with Crippen LogP contribution in [-0.4, -0.2) is 27.4 Å². The number of nitrogens with zero attached hydrogens (tertiary/aromatic N) is 2. The lowest BCUT2D eigenvalue weighted by Crippen LogP contribution is -2.47. The summed E-state index contributed by atoms with van der Waals surface area (Å²) < 4.78 is 0. The second-order valence-electron chi connectivity index (χ2n) is 5.72. The van der Waals surface area contributed by atoms with Crippen molar-refractivity contribution in [3.8, 4) is 0 Å². The van der Waals surface area contributed by atoms with Crippen molar-refractivity contribution in [2.75, 3.05) is 5.32 Å². The first-order valence-corrected chi connectivity index (χ1v) is 6.30. The van der Waals surface area contributed by atoms with Crippen LogP contribution in [0.5, 0.6) is 0 Å². The van der Waals surface area contributed by atoms with E-state index < -0.39 is 11.0 Å². The molecular formula is C13H20N4O3. The zero-order valence-corrected chi connectivity index (χ0v) is 12.4. The minimum Gasteiger partial charge on any atom is -0.359 e. The Morgan fingerprint density at radius 2 is 2.05 bits per heavy atom. The van der Waals surface area contributed by atoms with Crippen molar-refractivity contribution in [2.24, 2.45) is 0 Å². The van der Waals surface area contributed by atoms with Gasteiger partial charge in [0.25, 0.3) is 5.69 Å². The lowest BCUT2D eigenvalue weighted by Gasteiger charge is -2.23. The van der Waals surface area contributed by atoms with E-state index in [9.17, 15) is 14.9 Å². The van der Waals surface area contributed by atoms with E-state index in [0.29, 0.717) is 11.4 Å². The molecule has 2 N–H and O–H groups in total. The molecule has 20 heavy (non-hydrogen) atoms. The van der Waals surface area contributed by atoms with Crippen LogP contribution in [0, 0.1) is 17.0 Å². The molecule has 110 valence electrons. The molecule has 0 fully saturated rings. The minimum absolute atomic E-state index is 0.0395. The number of aromatic nitrogens is 1. The molecule has 1 aromatic heterocycles. The smallest absolute Gasteiger partial charge is 0.290 e. The number of carbonyl (C=O) groups is 1.